The monoisotopic (exact) mass is 217 g/mol. The van der Waals surface area contributed by atoms with Crippen molar-refractivity contribution in [2.24, 2.45) is 0 Å². The molecule has 6 heteroatoms. The van der Waals surface area contributed by atoms with E-state index in [0.29, 0.717) is 4.90 Å². The van der Waals surface area contributed by atoms with Gasteiger partial charge in [0.15, 0.2) is 0 Å². The van der Waals surface area contributed by atoms with Crippen LogP contribution in [0.5, 0.6) is 0 Å². The molecule has 1 fully saturated rings. The van der Waals surface area contributed by atoms with Crippen LogP contribution in [0, 0.1) is 0 Å². The zero-order valence-corrected chi connectivity index (χ0v) is 9.01. The number of amides is 3. The van der Waals surface area contributed by atoms with E-state index in [9.17, 15) is 14.4 Å². The number of rotatable bonds is 0. The molecule has 1 aliphatic rings. The van der Waals surface area contributed by atoms with Crippen molar-refractivity contribution < 1.29 is 19.1 Å². The highest BCUT2D eigenvalue weighted by Gasteiger charge is 2.38. The summed E-state index contributed by atoms with van der Waals surface area (Å²) in [6, 6.07) is 0. The minimum Gasteiger partial charge on any atom is -0.443 e. The molecule has 0 aromatic rings. The minimum atomic E-state index is -0.891. The minimum absolute atomic E-state index is 0.0120. The Bertz CT molecular complexity index is 278. The molecule has 14 heavy (non-hydrogen) atoms. The van der Waals surface area contributed by atoms with Crippen LogP contribution in [-0.2, 0) is 9.53 Å². The summed E-state index contributed by atoms with van der Waals surface area (Å²) in [5, 5.41) is -0.566. The van der Waals surface area contributed by atoms with E-state index >= 15 is 0 Å². The van der Waals surface area contributed by atoms with E-state index in [1.807, 2.05) is 0 Å². The van der Waals surface area contributed by atoms with Crippen molar-refractivity contribution >= 4 is 29.0 Å². The fraction of sp³-hybridized carbons (Fsp3) is 0.625. The maximum Gasteiger partial charge on any atom is 0.424 e. The van der Waals surface area contributed by atoms with Gasteiger partial charge in [-0.05, 0) is 20.8 Å². The summed E-state index contributed by atoms with van der Waals surface area (Å²) in [5.41, 5.74) is -0.703. The SMILES string of the molecule is CC(C)(C)OC(=O)N1C(=O)CSC1=O. The molecule has 5 nitrogen and oxygen atoms in total. The number of carbonyl (C=O) groups is 3. The molecule has 0 aromatic carbocycles. The lowest BCUT2D eigenvalue weighted by molar-refractivity contribution is -0.123. The van der Waals surface area contributed by atoms with Gasteiger partial charge in [0.25, 0.3) is 5.24 Å². The van der Waals surface area contributed by atoms with Crippen molar-refractivity contribution in [1.29, 1.82) is 0 Å². The second-order valence-electron chi connectivity index (χ2n) is 3.76. The molecule has 0 spiro atoms. The predicted octanol–water partition coefficient (Wildman–Crippen LogP) is 1.62. The fourth-order valence-electron chi connectivity index (χ4n) is 0.838. The van der Waals surface area contributed by atoms with Crippen LogP contribution in [-0.4, -0.2) is 33.5 Å². The van der Waals surface area contributed by atoms with Crippen LogP contribution in [0.1, 0.15) is 20.8 Å². The summed E-state index contributed by atoms with van der Waals surface area (Å²) >= 11 is 0.804. The Labute approximate surface area is 85.8 Å². The molecule has 0 unspecified atom stereocenters. The molecule has 78 valence electrons. The third kappa shape index (κ3) is 2.47. The molecule has 1 saturated heterocycles. The zero-order chi connectivity index (χ0) is 10.9. The topological polar surface area (TPSA) is 63.7 Å². The number of ether oxygens (including phenoxy) is 1. The van der Waals surface area contributed by atoms with Crippen LogP contribution in [0.4, 0.5) is 9.59 Å². The number of imide groups is 3. The average Bonchev–Trinajstić information content (AvgIpc) is 2.27. The van der Waals surface area contributed by atoms with E-state index < -0.39 is 22.8 Å². The van der Waals surface area contributed by atoms with Gasteiger partial charge in [0.1, 0.15) is 5.60 Å². The number of hydrogen-bond acceptors (Lipinski definition) is 5. The first-order valence-electron chi connectivity index (χ1n) is 4.04. The van der Waals surface area contributed by atoms with E-state index in [1.165, 1.54) is 0 Å². The Balaban J connectivity index is 2.70. The third-order valence-corrected chi connectivity index (χ3v) is 2.15. The van der Waals surface area contributed by atoms with Gasteiger partial charge in [0.2, 0.25) is 5.91 Å². The van der Waals surface area contributed by atoms with Crippen LogP contribution < -0.4 is 0 Å². The normalized spacial score (nSPS) is 17.5. The van der Waals surface area contributed by atoms with Crippen molar-refractivity contribution in [3.8, 4) is 0 Å². The number of thioether (sulfide) groups is 1. The Morgan fingerprint density at radius 2 is 2.00 bits per heavy atom. The predicted molar refractivity (Wildman–Crippen MR) is 50.9 cm³/mol. The van der Waals surface area contributed by atoms with Gasteiger partial charge < -0.3 is 4.74 Å². The first-order valence-corrected chi connectivity index (χ1v) is 5.02. The van der Waals surface area contributed by atoms with Crippen LogP contribution in [0.25, 0.3) is 0 Å². The molecule has 0 aromatic heterocycles. The Morgan fingerprint density at radius 1 is 1.43 bits per heavy atom. The van der Waals surface area contributed by atoms with Gasteiger partial charge in [-0.3, -0.25) is 9.59 Å². The first-order chi connectivity index (χ1) is 6.31. The zero-order valence-electron chi connectivity index (χ0n) is 8.20. The van der Waals surface area contributed by atoms with Gasteiger partial charge in [-0.25, -0.2) is 4.79 Å². The van der Waals surface area contributed by atoms with Gasteiger partial charge in [-0.2, -0.15) is 4.90 Å². The van der Waals surface area contributed by atoms with Crippen molar-refractivity contribution in [3.63, 3.8) is 0 Å². The Kier molecular flexibility index (Phi) is 2.84. The fourth-order valence-corrected chi connectivity index (χ4v) is 1.52. The standard InChI is InChI=1S/C8H11NO4S/c1-8(2,3)13-6(11)9-5(10)4-14-7(9)12/h4H2,1-3H3. The first kappa shape index (κ1) is 11.0. The lowest BCUT2D eigenvalue weighted by Gasteiger charge is -2.21. The molecule has 1 aliphatic heterocycles. The third-order valence-electron chi connectivity index (χ3n) is 1.33. The number of hydrogen-bond donors (Lipinski definition) is 0. The molecule has 3 amide bonds. The summed E-state index contributed by atoms with van der Waals surface area (Å²) in [5.74, 6) is -0.507. The van der Waals surface area contributed by atoms with Crippen LogP contribution in [0.3, 0.4) is 0 Å². The molecule has 0 radical (unpaired) electrons. The van der Waals surface area contributed by atoms with E-state index in [1.54, 1.807) is 20.8 Å². The highest BCUT2D eigenvalue weighted by Crippen LogP contribution is 2.21. The molecule has 0 atom stereocenters. The molecular weight excluding hydrogens is 206 g/mol. The largest absolute Gasteiger partial charge is 0.443 e. The molecule has 1 heterocycles. The molecule has 0 bridgehead atoms. The molecule has 1 rings (SSSR count). The molecule has 0 N–H and O–H groups in total. The van der Waals surface area contributed by atoms with Gasteiger partial charge >= 0.3 is 6.09 Å². The van der Waals surface area contributed by atoms with E-state index in [4.69, 9.17) is 4.74 Å². The molecular formula is C8H11NO4S. The molecule has 0 saturated carbocycles. The summed E-state index contributed by atoms with van der Waals surface area (Å²) < 4.78 is 4.89. The summed E-state index contributed by atoms with van der Waals surface area (Å²) in [4.78, 5) is 34.0. The lowest BCUT2D eigenvalue weighted by Crippen LogP contribution is -2.39. The summed E-state index contributed by atoms with van der Waals surface area (Å²) in [7, 11) is 0. The van der Waals surface area contributed by atoms with Gasteiger partial charge in [0.05, 0.1) is 5.75 Å². The lowest BCUT2D eigenvalue weighted by atomic mass is 10.2. The van der Waals surface area contributed by atoms with Crippen LogP contribution in [0.15, 0.2) is 0 Å². The highest BCUT2D eigenvalue weighted by atomic mass is 32.2. The van der Waals surface area contributed by atoms with Crippen molar-refractivity contribution in [1.82, 2.24) is 4.90 Å². The van der Waals surface area contributed by atoms with Crippen LogP contribution in [0.2, 0.25) is 0 Å². The average molecular weight is 217 g/mol. The quantitative estimate of drug-likeness (QED) is 0.617. The Morgan fingerprint density at radius 3 is 2.36 bits per heavy atom. The van der Waals surface area contributed by atoms with E-state index in [-0.39, 0.29) is 5.75 Å². The number of carbonyl (C=O) groups excluding carboxylic acids is 3. The van der Waals surface area contributed by atoms with E-state index in [2.05, 4.69) is 0 Å². The summed E-state index contributed by atoms with van der Waals surface area (Å²) in [6.45, 7) is 5.01. The number of nitrogens with zero attached hydrogens (tertiary/aromatic N) is 1. The molecule has 0 aliphatic carbocycles. The maximum atomic E-state index is 11.3. The summed E-state index contributed by atoms with van der Waals surface area (Å²) in [6.07, 6.45) is -0.891. The van der Waals surface area contributed by atoms with Gasteiger partial charge in [-0.1, -0.05) is 11.8 Å². The van der Waals surface area contributed by atoms with Crippen LogP contribution >= 0.6 is 11.8 Å². The second-order valence-corrected chi connectivity index (χ2v) is 4.69. The smallest absolute Gasteiger partial charge is 0.424 e. The van der Waals surface area contributed by atoms with Gasteiger partial charge in [-0.15, -0.1) is 0 Å². The maximum absolute atomic E-state index is 11.3. The van der Waals surface area contributed by atoms with Crippen molar-refractivity contribution in [2.75, 3.05) is 5.75 Å². The Hall–Kier alpha value is -1.04. The van der Waals surface area contributed by atoms with Crippen molar-refractivity contribution in [3.05, 3.63) is 0 Å². The second kappa shape index (κ2) is 3.61. The van der Waals surface area contributed by atoms with Gasteiger partial charge in [0, 0.05) is 0 Å². The van der Waals surface area contributed by atoms with E-state index in [0.717, 1.165) is 11.8 Å². The highest BCUT2D eigenvalue weighted by molar-refractivity contribution is 8.14. The van der Waals surface area contributed by atoms with Crippen molar-refractivity contribution in [2.45, 2.75) is 26.4 Å².